The highest BCUT2D eigenvalue weighted by atomic mass is 19.1. The maximum Gasteiger partial charge on any atom is 0.197 e. The van der Waals surface area contributed by atoms with Crippen molar-refractivity contribution in [2.24, 2.45) is 0 Å². The van der Waals surface area contributed by atoms with E-state index < -0.39 is 11.4 Å². The molecule has 15 heavy (non-hydrogen) atoms. The van der Waals surface area contributed by atoms with Crippen molar-refractivity contribution in [3.63, 3.8) is 0 Å². The molecule has 0 aromatic heterocycles. The number of hydrogen-bond acceptors (Lipinski definition) is 3. The van der Waals surface area contributed by atoms with E-state index in [1.807, 2.05) is 0 Å². The van der Waals surface area contributed by atoms with Gasteiger partial charge in [0.15, 0.2) is 17.3 Å². The second kappa shape index (κ2) is 3.38. The minimum Gasteiger partial charge on any atom is -0.492 e. The van der Waals surface area contributed by atoms with Gasteiger partial charge in [0.2, 0.25) is 0 Å². The molecule has 1 aliphatic rings. The van der Waals surface area contributed by atoms with E-state index in [2.05, 4.69) is 0 Å². The lowest BCUT2D eigenvalue weighted by molar-refractivity contribution is 0.146. The second-order valence-electron chi connectivity index (χ2n) is 3.69. The van der Waals surface area contributed by atoms with Crippen molar-refractivity contribution in [2.45, 2.75) is 18.4 Å². The summed E-state index contributed by atoms with van der Waals surface area (Å²) < 4.78 is 23.3. The smallest absolute Gasteiger partial charge is 0.197 e. The Hall–Kier alpha value is -1.29. The fourth-order valence-electron chi connectivity index (χ4n) is 1.69. The predicted molar refractivity (Wildman–Crippen MR) is 52.6 cm³/mol. The van der Waals surface area contributed by atoms with Gasteiger partial charge in [0, 0.05) is 5.56 Å². The van der Waals surface area contributed by atoms with Gasteiger partial charge in [0.1, 0.15) is 0 Å². The molecule has 0 radical (unpaired) electrons. The molecule has 1 saturated carbocycles. The van der Waals surface area contributed by atoms with E-state index in [9.17, 15) is 9.50 Å². The van der Waals surface area contributed by atoms with E-state index in [-0.39, 0.29) is 11.5 Å². The molecular formula is C11H13FO3. The van der Waals surface area contributed by atoms with Gasteiger partial charge in [-0.1, -0.05) is 0 Å². The van der Waals surface area contributed by atoms with Gasteiger partial charge in [-0.25, -0.2) is 4.39 Å². The van der Waals surface area contributed by atoms with E-state index >= 15 is 0 Å². The topological polar surface area (TPSA) is 38.7 Å². The number of hydrogen-bond donors (Lipinski definition) is 1. The summed E-state index contributed by atoms with van der Waals surface area (Å²) in [6, 6.07) is 2.83. The zero-order valence-electron chi connectivity index (χ0n) is 8.71. The highest BCUT2D eigenvalue weighted by Gasteiger charge is 2.45. The molecule has 4 heteroatoms. The maximum atomic E-state index is 13.3. The predicted octanol–water partition coefficient (Wildman–Crippen LogP) is 1.82. The van der Waals surface area contributed by atoms with Gasteiger partial charge in [0.25, 0.3) is 0 Å². The zero-order chi connectivity index (χ0) is 11.1. The lowest BCUT2D eigenvalue weighted by atomic mass is 10.1. The molecule has 2 rings (SSSR count). The van der Waals surface area contributed by atoms with Crippen molar-refractivity contribution < 1.29 is 19.0 Å². The minimum absolute atomic E-state index is 0.0512. The Labute approximate surface area is 87.4 Å². The van der Waals surface area contributed by atoms with Crippen molar-refractivity contribution in [1.82, 2.24) is 0 Å². The normalized spacial score (nSPS) is 17.3. The Morgan fingerprint density at radius 1 is 1.20 bits per heavy atom. The molecule has 0 amide bonds. The molecule has 0 bridgehead atoms. The van der Waals surface area contributed by atoms with Crippen LogP contribution in [-0.4, -0.2) is 19.3 Å². The summed E-state index contributed by atoms with van der Waals surface area (Å²) in [4.78, 5) is 0. The highest BCUT2D eigenvalue weighted by molar-refractivity contribution is 5.51. The maximum absolute atomic E-state index is 13.3. The molecule has 0 atom stereocenters. The average Bonchev–Trinajstić information content (AvgIpc) is 2.96. The van der Waals surface area contributed by atoms with Crippen LogP contribution in [0.2, 0.25) is 0 Å². The monoisotopic (exact) mass is 212 g/mol. The third kappa shape index (κ3) is 1.55. The van der Waals surface area contributed by atoms with Crippen LogP contribution in [0.15, 0.2) is 12.1 Å². The van der Waals surface area contributed by atoms with Crippen LogP contribution in [0.5, 0.6) is 11.5 Å². The van der Waals surface area contributed by atoms with Gasteiger partial charge in [-0.15, -0.1) is 0 Å². The number of rotatable bonds is 3. The lowest BCUT2D eigenvalue weighted by Gasteiger charge is -2.16. The molecule has 0 unspecified atom stereocenters. The van der Waals surface area contributed by atoms with E-state index in [1.54, 1.807) is 6.07 Å². The summed E-state index contributed by atoms with van der Waals surface area (Å²) in [5.41, 5.74) is -0.255. The number of aliphatic hydroxyl groups is 1. The third-order valence-electron chi connectivity index (χ3n) is 2.70. The Balaban J connectivity index is 2.55. The zero-order valence-corrected chi connectivity index (χ0v) is 8.71. The van der Waals surface area contributed by atoms with Crippen molar-refractivity contribution in [3.8, 4) is 11.5 Å². The van der Waals surface area contributed by atoms with Crippen LogP contribution in [-0.2, 0) is 5.60 Å². The van der Waals surface area contributed by atoms with Crippen LogP contribution < -0.4 is 9.47 Å². The minimum atomic E-state index is -0.855. The first-order valence-electron chi connectivity index (χ1n) is 4.76. The van der Waals surface area contributed by atoms with Gasteiger partial charge < -0.3 is 14.6 Å². The van der Waals surface area contributed by atoms with Gasteiger partial charge in [-0.3, -0.25) is 0 Å². The Morgan fingerprint density at radius 3 is 2.27 bits per heavy atom. The molecule has 0 spiro atoms. The van der Waals surface area contributed by atoms with Gasteiger partial charge in [-0.2, -0.15) is 0 Å². The molecule has 1 fully saturated rings. The van der Waals surface area contributed by atoms with Crippen LogP contribution in [0.1, 0.15) is 18.4 Å². The SMILES string of the molecule is COc1c(F)ccc(C2(O)CC2)c1OC. The summed E-state index contributed by atoms with van der Waals surface area (Å²) in [6.07, 6.45) is 1.36. The number of methoxy groups -OCH3 is 2. The Bertz CT molecular complexity index is 386. The highest BCUT2D eigenvalue weighted by Crippen LogP contribution is 2.51. The molecule has 1 N–H and O–H groups in total. The average molecular weight is 212 g/mol. The Morgan fingerprint density at radius 2 is 1.80 bits per heavy atom. The summed E-state index contributed by atoms with van der Waals surface area (Å²) in [7, 11) is 2.81. The number of benzene rings is 1. The standard InChI is InChI=1S/C11H13FO3/c1-14-9-7(11(13)5-6-11)3-4-8(12)10(9)15-2/h3-4,13H,5-6H2,1-2H3. The first kappa shape index (κ1) is 10.2. The molecule has 1 aliphatic carbocycles. The van der Waals surface area contributed by atoms with Crippen LogP contribution in [0.3, 0.4) is 0 Å². The van der Waals surface area contributed by atoms with E-state index in [0.29, 0.717) is 18.4 Å². The second-order valence-corrected chi connectivity index (χ2v) is 3.69. The number of halogens is 1. The van der Waals surface area contributed by atoms with Crippen molar-refractivity contribution in [3.05, 3.63) is 23.5 Å². The fraction of sp³-hybridized carbons (Fsp3) is 0.455. The summed E-state index contributed by atoms with van der Waals surface area (Å²) >= 11 is 0. The van der Waals surface area contributed by atoms with Crippen molar-refractivity contribution in [1.29, 1.82) is 0 Å². The van der Waals surface area contributed by atoms with Crippen molar-refractivity contribution in [2.75, 3.05) is 14.2 Å². The van der Waals surface area contributed by atoms with E-state index in [1.165, 1.54) is 20.3 Å². The van der Waals surface area contributed by atoms with Crippen molar-refractivity contribution >= 4 is 0 Å². The summed E-state index contributed by atoms with van der Waals surface area (Å²) in [5, 5.41) is 9.96. The number of ether oxygens (including phenoxy) is 2. The molecule has 0 heterocycles. The van der Waals surface area contributed by atoms with Crippen LogP contribution in [0, 0.1) is 5.82 Å². The largest absolute Gasteiger partial charge is 0.492 e. The quantitative estimate of drug-likeness (QED) is 0.830. The lowest BCUT2D eigenvalue weighted by Crippen LogP contribution is -2.08. The summed E-state index contributed by atoms with van der Waals surface area (Å²) in [5.74, 6) is -0.143. The van der Waals surface area contributed by atoms with Crippen LogP contribution in [0.25, 0.3) is 0 Å². The molecule has 1 aromatic carbocycles. The van der Waals surface area contributed by atoms with E-state index in [4.69, 9.17) is 9.47 Å². The Kier molecular flexibility index (Phi) is 2.31. The first-order valence-corrected chi connectivity index (χ1v) is 4.76. The van der Waals surface area contributed by atoms with Crippen LogP contribution in [0.4, 0.5) is 4.39 Å². The molecule has 82 valence electrons. The molecule has 0 aliphatic heterocycles. The fourth-order valence-corrected chi connectivity index (χ4v) is 1.69. The molecule has 1 aromatic rings. The van der Waals surface area contributed by atoms with Gasteiger partial charge in [0.05, 0.1) is 19.8 Å². The first-order chi connectivity index (χ1) is 7.12. The molecule has 3 nitrogen and oxygen atoms in total. The summed E-state index contributed by atoms with van der Waals surface area (Å²) in [6.45, 7) is 0. The molecule has 0 saturated heterocycles. The van der Waals surface area contributed by atoms with Gasteiger partial charge in [-0.05, 0) is 25.0 Å². The van der Waals surface area contributed by atoms with E-state index in [0.717, 1.165) is 0 Å². The van der Waals surface area contributed by atoms with Gasteiger partial charge >= 0.3 is 0 Å². The molecular weight excluding hydrogens is 199 g/mol. The van der Waals surface area contributed by atoms with Crippen LogP contribution >= 0.6 is 0 Å². The third-order valence-corrected chi connectivity index (χ3v) is 2.70.